The third-order valence-corrected chi connectivity index (χ3v) is 5.53. The van der Waals surface area contributed by atoms with Crippen molar-refractivity contribution in [3.63, 3.8) is 0 Å². The van der Waals surface area contributed by atoms with Gasteiger partial charge in [0.2, 0.25) is 10.0 Å². The molecule has 1 aromatic rings. The molecule has 2 N–H and O–H groups in total. The minimum Gasteiger partial charge on any atom is -0.316 e. The first-order chi connectivity index (χ1) is 11.6. The number of hydrogen-bond donors (Lipinski definition) is 2. The number of sulfonamides is 1. The Morgan fingerprint density at radius 1 is 1.36 bits per heavy atom. The Kier molecular flexibility index (Phi) is 6.01. The monoisotopic (exact) mass is 381 g/mol. The second-order valence-electron chi connectivity index (χ2n) is 5.83. The molecule has 1 aliphatic heterocycles. The summed E-state index contributed by atoms with van der Waals surface area (Å²) in [5.41, 5.74) is -2.37. The molecule has 0 bridgehead atoms. The van der Waals surface area contributed by atoms with E-state index in [1.807, 2.05) is 0 Å². The molecule has 1 heterocycles. The van der Waals surface area contributed by atoms with Crippen LogP contribution in [0.1, 0.15) is 24.8 Å². The van der Waals surface area contributed by atoms with Crippen LogP contribution in [0.15, 0.2) is 23.1 Å². The number of nitrogens with one attached hydrogen (secondary N) is 2. The molecule has 0 aromatic heterocycles. The summed E-state index contributed by atoms with van der Waals surface area (Å²) in [6.07, 6.45) is -2.62. The highest BCUT2D eigenvalue weighted by atomic mass is 32.2. The molecule has 0 aliphatic carbocycles. The summed E-state index contributed by atoms with van der Waals surface area (Å²) in [5, 5.41) is 13.8. The maximum atomic E-state index is 13.1. The van der Waals surface area contributed by atoms with E-state index in [0.29, 0.717) is 12.5 Å². The number of nitrogens with zero attached hydrogens (tertiary/aromatic N) is 1. The van der Waals surface area contributed by atoms with Gasteiger partial charge in [0.1, 0.15) is 0 Å². The molecule has 1 fully saturated rings. The number of nitro benzene ring substituents is 1. The second-order valence-corrected chi connectivity index (χ2v) is 7.57. The van der Waals surface area contributed by atoms with Crippen LogP contribution in [0.25, 0.3) is 0 Å². The minimum atomic E-state index is -5.02. The zero-order chi connectivity index (χ0) is 18.7. The van der Waals surface area contributed by atoms with Gasteiger partial charge >= 0.3 is 6.18 Å². The number of hydrogen-bond acceptors (Lipinski definition) is 5. The van der Waals surface area contributed by atoms with Crippen molar-refractivity contribution >= 4 is 15.7 Å². The van der Waals surface area contributed by atoms with Gasteiger partial charge in [-0.3, -0.25) is 10.1 Å². The molecule has 0 radical (unpaired) electrons. The molecule has 11 heteroatoms. The van der Waals surface area contributed by atoms with Gasteiger partial charge in [0.15, 0.2) is 0 Å². The lowest BCUT2D eigenvalue weighted by atomic mass is 9.96. The summed E-state index contributed by atoms with van der Waals surface area (Å²) >= 11 is 0. The van der Waals surface area contributed by atoms with Crippen LogP contribution in [-0.2, 0) is 16.2 Å². The zero-order valence-corrected chi connectivity index (χ0v) is 14.0. The molecule has 1 atom stereocenters. The third-order valence-electron chi connectivity index (χ3n) is 4.01. The van der Waals surface area contributed by atoms with Crippen molar-refractivity contribution in [2.45, 2.75) is 30.3 Å². The van der Waals surface area contributed by atoms with Crippen molar-refractivity contribution < 1.29 is 26.5 Å². The number of rotatable bonds is 6. The molecule has 2 rings (SSSR count). The van der Waals surface area contributed by atoms with E-state index in [1.165, 1.54) is 0 Å². The summed E-state index contributed by atoms with van der Waals surface area (Å²) in [6, 6.07) is 1.60. The van der Waals surface area contributed by atoms with Gasteiger partial charge in [-0.15, -0.1) is 0 Å². The molecule has 140 valence electrons. The Labute approximate surface area is 142 Å². The lowest BCUT2D eigenvalue weighted by Gasteiger charge is -2.22. The number of non-ortho nitro benzene ring substituents is 1. The Hall–Kier alpha value is -1.72. The summed E-state index contributed by atoms with van der Waals surface area (Å²) in [7, 11) is -4.43. The first kappa shape index (κ1) is 19.6. The topological polar surface area (TPSA) is 101 Å². The molecule has 1 saturated heterocycles. The Balaban J connectivity index is 2.18. The van der Waals surface area contributed by atoms with Gasteiger partial charge in [-0.1, -0.05) is 0 Å². The molecule has 0 amide bonds. The van der Waals surface area contributed by atoms with Crippen molar-refractivity contribution in [1.82, 2.24) is 10.0 Å². The van der Waals surface area contributed by atoms with Gasteiger partial charge in [-0.25, -0.2) is 13.1 Å². The predicted octanol–water partition coefficient (Wildman–Crippen LogP) is 2.28. The molecule has 1 unspecified atom stereocenters. The summed E-state index contributed by atoms with van der Waals surface area (Å²) in [4.78, 5) is 8.64. The fraction of sp³-hybridized carbons (Fsp3) is 0.571. The van der Waals surface area contributed by atoms with Crippen molar-refractivity contribution in [3.8, 4) is 0 Å². The van der Waals surface area contributed by atoms with E-state index in [0.717, 1.165) is 32.0 Å². The normalized spacial score (nSPS) is 18.9. The van der Waals surface area contributed by atoms with Crippen LogP contribution >= 0.6 is 0 Å². The average molecular weight is 381 g/mol. The molecule has 1 aliphatic rings. The quantitative estimate of drug-likeness (QED) is 0.582. The minimum absolute atomic E-state index is 0.00294. The number of alkyl halides is 3. The average Bonchev–Trinajstić information content (AvgIpc) is 2.54. The van der Waals surface area contributed by atoms with Crippen molar-refractivity contribution in [2.75, 3.05) is 19.6 Å². The van der Waals surface area contributed by atoms with Crippen molar-refractivity contribution in [1.29, 1.82) is 0 Å². The Morgan fingerprint density at radius 2 is 2.08 bits per heavy atom. The van der Waals surface area contributed by atoms with Crippen LogP contribution in [0.5, 0.6) is 0 Å². The smallest absolute Gasteiger partial charge is 0.316 e. The standard InChI is InChI=1S/C14H18F3N3O4S/c15-14(16,17)12-8-11(20(21)22)3-4-13(12)25(23,24)19-7-5-10-2-1-6-18-9-10/h3-4,8,10,18-19H,1-2,5-7,9H2. The first-order valence-corrected chi connectivity index (χ1v) is 9.15. The first-order valence-electron chi connectivity index (χ1n) is 7.67. The predicted molar refractivity (Wildman–Crippen MR) is 83.5 cm³/mol. The second kappa shape index (κ2) is 7.67. The highest BCUT2D eigenvalue weighted by molar-refractivity contribution is 7.89. The van der Waals surface area contributed by atoms with Crippen LogP contribution in [-0.4, -0.2) is 33.0 Å². The number of benzene rings is 1. The van der Waals surface area contributed by atoms with E-state index in [2.05, 4.69) is 10.0 Å². The van der Waals surface area contributed by atoms with Crippen LogP contribution in [0.4, 0.5) is 18.9 Å². The fourth-order valence-corrected chi connectivity index (χ4v) is 3.99. The fourth-order valence-electron chi connectivity index (χ4n) is 2.73. The van der Waals surface area contributed by atoms with Crippen LogP contribution in [0.2, 0.25) is 0 Å². The Bertz CT molecular complexity index is 731. The van der Waals surface area contributed by atoms with Gasteiger partial charge in [-0.05, 0) is 44.3 Å². The lowest BCUT2D eigenvalue weighted by Crippen LogP contribution is -2.33. The molecular formula is C14H18F3N3O4S. The largest absolute Gasteiger partial charge is 0.417 e. The lowest BCUT2D eigenvalue weighted by molar-refractivity contribution is -0.385. The molecule has 0 saturated carbocycles. The zero-order valence-electron chi connectivity index (χ0n) is 13.2. The summed E-state index contributed by atoms with van der Waals surface area (Å²) in [6.45, 7) is 1.65. The van der Waals surface area contributed by atoms with Crippen LogP contribution < -0.4 is 10.0 Å². The summed E-state index contributed by atoms with van der Waals surface area (Å²) in [5.74, 6) is 0.260. The number of piperidine rings is 1. The maximum Gasteiger partial charge on any atom is 0.417 e. The van der Waals surface area contributed by atoms with E-state index >= 15 is 0 Å². The molecule has 25 heavy (non-hydrogen) atoms. The van der Waals surface area contributed by atoms with E-state index in [9.17, 15) is 31.7 Å². The van der Waals surface area contributed by atoms with E-state index in [1.54, 1.807) is 0 Å². The molecule has 1 aromatic carbocycles. The Morgan fingerprint density at radius 3 is 2.64 bits per heavy atom. The van der Waals surface area contributed by atoms with Gasteiger partial charge in [0.25, 0.3) is 5.69 Å². The molecule has 7 nitrogen and oxygen atoms in total. The van der Waals surface area contributed by atoms with Gasteiger partial charge < -0.3 is 5.32 Å². The number of nitro groups is 1. The maximum absolute atomic E-state index is 13.1. The molecular weight excluding hydrogens is 363 g/mol. The van der Waals surface area contributed by atoms with E-state index in [4.69, 9.17) is 0 Å². The van der Waals surface area contributed by atoms with Crippen molar-refractivity contribution in [3.05, 3.63) is 33.9 Å². The molecule has 0 spiro atoms. The van der Waals surface area contributed by atoms with E-state index < -0.39 is 37.3 Å². The third kappa shape index (κ3) is 5.13. The van der Waals surface area contributed by atoms with Gasteiger partial charge in [0.05, 0.1) is 15.4 Å². The van der Waals surface area contributed by atoms with Crippen LogP contribution in [0, 0.1) is 16.0 Å². The highest BCUT2D eigenvalue weighted by Crippen LogP contribution is 2.36. The van der Waals surface area contributed by atoms with Gasteiger partial charge in [-0.2, -0.15) is 13.2 Å². The number of halogens is 3. The van der Waals surface area contributed by atoms with E-state index in [-0.39, 0.29) is 18.5 Å². The van der Waals surface area contributed by atoms with Crippen LogP contribution in [0.3, 0.4) is 0 Å². The SMILES string of the molecule is O=[N+]([O-])c1ccc(S(=O)(=O)NCCC2CCCNC2)c(C(F)(F)F)c1. The summed E-state index contributed by atoms with van der Waals surface area (Å²) < 4.78 is 65.9. The van der Waals surface area contributed by atoms with Crippen molar-refractivity contribution in [2.24, 2.45) is 5.92 Å². The highest BCUT2D eigenvalue weighted by Gasteiger charge is 2.38. The van der Waals surface area contributed by atoms with Gasteiger partial charge in [0, 0.05) is 18.7 Å².